The smallest absolute Gasteiger partial charge is 0.328 e. The lowest BCUT2D eigenvalue weighted by molar-refractivity contribution is -0.143. The predicted molar refractivity (Wildman–Crippen MR) is 57.7 cm³/mol. The van der Waals surface area contributed by atoms with Crippen LogP contribution < -0.4 is 11.5 Å². The zero-order valence-electron chi connectivity index (χ0n) is 7.47. The van der Waals surface area contributed by atoms with Crippen molar-refractivity contribution in [2.24, 2.45) is 11.5 Å². The van der Waals surface area contributed by atoms with Crippen LogP contribution in [0.4, 0.5) is 0 Å². The third kappa shape index (κ3) is 3.44. The van der Waals surface area contributed by atoms with Crippen molar-refractivity contribution in [3.05, 3.63) is 0 Å². The summed E-state index contributed by atoms with van der Waals surface area (Å²) in [4.78, 5) is 10.9. The summed E-state index contributed by atoms with van der Waals surface area (Å²) in [7, 11) is 0. The van der Waals surface area contributed by atoms with Gasteiger partial charge in [0, 0.05) is 0 Å². The molecule has 0 aromatic carbocycles. The average molecular weight is 264 g/mol. The summed E-state index contributed by atoms with van der Waals surface area (Å²) in [6, 6.07) is 0. The van der Waals surface area contributed by atoms with Crippen LogP contribution in [0.1, 0.15) is 19.3 Å². The number of hydrogen-bond donors (Lipinski definition) is 3. The van der Waals surface area contributed by atoms with E-state index < -0.39 is 15.3 Å². The van der Waals surface area contributed by atoms with E-state index in [1.54, 1.807) is 0 Å². The van der Waals surface area contributed by atoms with Crippen molar-refractivity contribution >= 4 is 40.8 Å². The fourth-order valence-corrected chi connectivity index (χ4v) is 1.44. The van der Waals surface area contributed by atoms with E-state index in [-0.39, 0.29) is 6.42 Å². The Morgan fingerprint density at radius 1 is 1.29 bits per heavy atom. The number of unbranched alkanes of at least 4 members (excludes halogenated alkanes) is 1. The summed E-state index contributed by atoms with van der Waals surface area (Å²) in [5.41, 5.74) is 8.92. The second-order valence-corrected chi connectivity index (χ2v) is 5.30. The molecule has 0 fully saturated rings. The zero-order chi connectivity index (χ0) is 11.4. The number of nitrogens with two attached hydrogens (primary N) is 2. The molecule has 1 unspecified atom stereocenters. The molecule has 0 rings (SSSR count). The van der Waals surface area contributed by atoms with Crippen LogP contribution in [-0.2, 0) is 4.79 Å². The Morgan fingerprint density at radius 2 is 1.79 bits per heavy atom. The van der Waals surface area contributed by atoms with Crippen molar-refractivity contribution in [2.75, 3.05) is 6.54 Å². The normalized spacial score (nSPS) is 16.4. The molecule has 0 aromatic heterocycles. The zero-order valence-corrected chi connectivity index (χ0v) is 9.74. The fourth-order valence-electron chi connectivity index (χ4n) is 0.918. The summed E-state index contributed by atoms with van der Waals surface area (Å²) < 4.78 is -2.02. The first-order valence-electron chi connectivity index (χ1n) is 4.05. The molecule has 0 saturated heterocycles. The fraction of sp³-hybridized carbons (Fsp3) is 0.857. The molecule has 5 N–H and O–H groups in total. The highest BCUT2D eigenvalue weighted by molar-refractivity contribution is 6.69. The Hall–Kier alpha value is 0.260. The molecule has 0 radical (unpaired) electrons. The lowest BCUT2D eigenvalue weighted by Crippen LogP contribution is -2.58. The quantitative estimate of drug-likeness (QED) is 0.515. The van der Waals surface area contributed by atoms with E-state index in [1.165, 1.54) is 0 Å². The molecular weight excluding hydrogens is 250 g/mol. The van der Waals surface area contributed by atoms with E-state index >= 15 is 0 Å². The molecule has 0 heterocycles. The van der Waals surface area contributed by atoms with Crippen LogP contribution in [0, 0.1) is 0 Å². The van der Waals surface area contributed by atoms with E-state index in [9.17, 15) is 4.79 Å². The van der Waals surface area contributed by atoms with Gasteiger partial charge in [-0.1, -0.05) is 34.8 Å². The number of carbonyl (C=O) groups is 1. The van der Waals surface area contributed by atoms with Gasteiger partial charge in [0.05, 0.1) is 0 Å². The van der Waals surface area contributed by atoms with Crippen molar-refractivity contribution in [1.29, 1.82) is 0 Å². The number of halogens is 3. The first-order chi connectivity index (χ1) is 6.25. The van der Waals surface area contributed by atoms with Gasteiger partial charge in [0.1, 0.15) is 0 Å². The number of carboxylic acid groups (broad SMARTS) is 1. The van der Waals surface area contributed by atoms with Crippen LogP contribution >= 0.6 is 34.8 Å². The molecule has 0 spiro atoms. The highest BCUT2D eigenvalue weighted by atomic mass is 35.6. The maximum Gasteiger partial charge on any atom is 0.328 e. The number of carboxylic acids is 1. The average Bonchev–Trinajstić information content (AvgIpc) is 2.02. The molecule has 0 bridgehead atoms. The van der Waals surface area contributed by atoms with Gasteiger partial charge >= 0.3 is 5.97 Å². The van der Waals surface area contributed by atoms with Crippen LogP contribution in [-0.4, -0.2) is 27.0 Å². The number of aliphatic carboxylic acids is 1. The van der Waals surface area contributed by atoms with Crippen LogP contribution in [0.2, 0.25) is 0 Å². The standard InChI is InChI=1S/C7H13Cl3N2O2/c8-7(9,10)6(12,5(13)14)3-1-2-4-11/h1-4,11-12H2,(H,13,14). The molecule has 84 valence electrons. The molecule has 14 heavy (non-hydrogen) atoms. The monoisotopic (exact) mass is 262 g/mol. The maximum absolute atomic E-state index is 10.9. The van der Waals surface area contributed by atoms with Gasteiger partial charge in [-0.3, -0.25) is 4.79 Å². The highest BCUT2D eigenvalue weighted by Crippen LogP contribution is 2.39. The molecular formula is C7H13Cl3N2O2. The van der Waals surface area contributed by atoms with Gasteiger partial charge in [0.15, 0.2) is 5.54 Å². The van der Waals surface area contributed by atoms with Gasteiger partial charge in [0.25, 0.3) is 0 Å². The molecule has 0 aliphatic heterocycles. The topological polar surface area (TPSA) is 89.3 Å². The summed E-state index contributed by atoms with van der Waals surface area (Å²) in [6.07, 6.45) is 1.23. The Kier molecular flexibility index (Phi) is 5.47. The lowest BCUT2D eigenvalue weighted by Gasteiger charge is -2.31. The van der Waals surface area contributed by atoms with Gasteiger partial charge in [-0.25, -0.2) is 0 Å². The summed E-state index contributed by atoms with van der Waals surface area (Å²) in [5.74, 6) is -1.32. The molecule has 0 amide bonds. The Balaban J connectivity index is 4.50. The van der Waals surface area contributed by atoms with Crippen LogP contribution in [0.3, 0.4) is 0 Å². The second kappa shape index (κ2) is 5.37. The number of rotatable bonds is 5. The largest absolute Gasteiger partial charge is 0.480 e. The van der Waals surface area contributed by atoms with Gasteiger partial charge in [-0.2, -0.15) is 0 Å². The van der Waals surface area contributed by atoms with E-state index in [0.717, 1.165) is 0 Å². The van der Waals surface area contributed by atoms with E-state index in [4.69, 9.17) is 51.4 Å². The SMILES string of the molecule is NCCCCC(N)(C(=O)O)C(Cl)(Cl)Cl. The first-order valence-corrected chi connectivity index (χ1v) is 5.18. The number of alkyl halides is 3. The Morgan fingerprint density at radius 3 is 2.07 bits per heavy atom. The highest BCUT2D eigenvalue weighted by Gasteiger charge is 2.51. The number of hydrogen-bond acceptors (Lipinski definition) is 3. The maximum atomic E-state index is 10.9. The summed E-state index contributed by atoms with van der Waals surface area (Å²) >= 11 is 16.5. The third-order valence-corrected chi connectivity index (χ3v) is 2.92. The van der Waals surface area contributed by atoms with Gasteiger partial charge in [-0.15, -0.1) is 0 Å². The third-order valence-electron chi connectivity index (χ3n) is 1.91. The Bertz CT molecular complexity index is 208. The van der Waals surface area contributed by atoms with Crippen LogP contribution in [0.15, 0.2) is 0 Å². The van der Waals surface area contributed by atoms with Crippen molar-refractivity contribution in [1.82, 2.24) is 0 Å². The van der Waals surface area contributed by atoms with E-state index in [1.807, 2.05) is 0 Å². The Labute approximate surface area is 97.5 Å². The van der Waals surface area contributed by atoms with Crippen LogP contribution in [0.25, 0.3) is 0 Å². The van der Waals surface area contributed by atoms with E-state index in [0.29, 0.717) is 19.4 Å². The van der Waals surface area contributed by atoms with Crippen molar-refractivity contribution in [2.45, 2.75) is 28.6 Å². The second-order valence-electron chi connectivity index (χ2n) is 3.02. The molecule has 1 atom stereocenters. The van der Waals surface area contributed by atoms with Crippen molar-refractivity contribution in [3.8, 4) is 0 Å². The minimum atomic E-state index is -2.02. The van der Waals surface area contributed by atoms with Crippen LogP contribution in [0.5, 0.6) is 0 Å². The van der Waals surface area contributed by atoms with Gasteiger partial charge in [0.2, 0.25) is 3.79 Å². The molecule has 0 aliphatic carbocycles. The summed E-state index contributed by atoms with van der Waals surface area (Å²) in [6.45, 7) is 0.454. The van der Waals surface area contributed by atoms with Crippen molar-refractivity contribution in [3.63, 3.8) is 0 Å². The minimum Gasteiger partial charge on any atom is -0.480 e. The molecule has 7 heteroatoms. The predicted octanol–water partition coefficient (Wildman–Crippen LogP) is 1.27. The molecule has 4 nitrogen and oxygen atoms in total. The summed E-state index contributed by atoms with van der Waals surface area (Å²) in [5, 5.41) is 8.86. The lowest BCUT2D eigenvalue weighted by atomic mass is 9.95. The molecule has 0 saturated carbocycles. The molecule has 0 aliphatic rings. The van der Waals surface area contributed by atoms with Gasteiger partial charge < -0.3 is 16.6 Å². The van der Waals surface area contributed by atoms with Gasteiger partial charge in [-0.05, 0) is 25.8 Å². The minimum absolute atomic E-state index is 0.0794. The van der Waals surface area contributed by atoms with E-state index in [2.05, 4.69) is 0 Å². The molecule has 0 aromatic rings. The van der Waals surface area contributed by atoms with Crippen molar-refractivity contribution < 1.29 is 9.90 Å². The first kappa shape index (κ1) is 14.3.